The lowest BCUT2D eigenvalue weighted by Gasteiger charge is -2.21. The molecule has 1 N–H and O–H groups in total. The highest BCUT2D eigenvalue weighted by molar-refractivity contribution is 7.91. The van der Waals surface area contributed by atoms with Gasteiger partial charge in [-0.25, -0.2) is 8.42 Å². The van der Waals surface area contributed by atoms with Crippen LogP contribution in [0.1, 0.15) is 12.0 Å². The number of hydrogen-bond acceptors (Lipinski definition) is 4. The predicted octanol–water partition coefficient (Wildman–Crippen LogP) is 0.701. The van der Waals surface area contributed by atoms with Crippen molar-refractivity contribution in [3.05, 3.63) is 29.8 Å². The molecule has 0 bridgehead atoms. The Balaban J connectivity index is 2.30. The second-order valence-electron chi connectivity index (χ2n) is 4.10. The maximum Gasteiger partial charge on any atom is 0.153 e. The molecule has 5 heteroatoms. The van der Waals surface area contributed by atoms with E-state index in [1.54, 1.807) is 31.4 Å². The van der Waals surface area contributed by atoms with E-state index in [4.69, 9.17) is 4.74 Å². The molecule has 16 heavy (non-hydrogen) atoms. The van der Waals surface area contributed by atoms with Crippen molar-refractivity contribution in [2.45, 2.75) is 12.0 Å². The second-order valence-corrected chi connectivity index (χ2v) is 6.29. The molecule has 4 nitrogen and oxygen atoms in total. The molecule has 0 amide bonds. The van der Waals surface area contributed by atoms with Crippen LogP contribution in [0.2, 0.25) is 0 Å². The van der Waals surface area contributed by atoms with E-state index in [9.17, 15) is 13.5 Å². The third-order valence-electron chi connectivity index (χ3n) is 2.91. The van der Waals surface area contributed by atoms with Crippen LogP contribution in [-0.2, 0) is 15.4 Å². The average Bonchev–Trinajstić information content (AvgIpc) is 2.54. The van der Waals surface area contributed by atoms with Crippen molar-refractivity contribution < 1.29 is 18.3 Å². The van der Waals surface area contributed by atoms with Gasteiger partial charge in [0.05, 0.1) is 18.6 Å². The Hall–Kier alpha value is -1.07. The molecule has 0 aromatic heterocycles. The van der Waals surface area contributed by atoms with Crippen molar-refractivity contribution in [1.29, 1.82) is 0 Å². The molecular weight excluding hydrogens is 228 g/mol. The van der Waals surface area contributed by atoms with Gasteiger partial charge >= 0.3 is 0 Å². The highest BCUT2D eigenvalue weighted by Crippen LogP contribution is 2.34. The van der Waals surface area contributed by atoms with E-state index >= 15 is 0 Å². The number of ether oxygens (including phenoxy) is 1. The molecule has 1 aromatic rings. The topological polar surface area (TPSA) is 63.6 Å². The number of sulfone groups is 1. The Morgan fingerprint density at radius 1 is 1.31 bits per heavy atom. The van der Waals surface area contributed by atoms with Crippen LogP contribution in [0.15, 0.2) is 24.3 Å². The normalized spacial score (nSPS) is 27.9. The Bertz CT molecular complexity index is 477. The zero-order chi connectivity index (χ0) is 11.8. The Kier molecular flexibility index (Phi) is 2.67. The van der Waals surface area contributed by atoms with Crippen LogP contribution >= 0.6 is 0 Å². The van der Waals surface area contributed by atoms with E-state index < -0.39 is 15.4 Å². The number of rotatable bonds is 2. The minimum atomic E-state index is -3.10. The van der Waals surface area contributed by atoms with Gasteiger partial charge in [0.25, 0.3) is 0 Å². The molecule has 1 aliphatic heterocycles. The first kappa shape index (κ1) is 11.4. The fraction of sp³-hybridized carbons (Fsp3) is 0.455. The summed E-state index contributed by atoms with van der Waals surface area (Å²) >= 11 is 0. The average molecular weight is 242 g/mol. The van der Waals surface area contributed by atoms with Crippen LogP contribution in [0.3, 0.4) is 0 Å². The molecule has 1 fully saturated rings. The molecule has 1 unspecified atom stereocenters. The fourth-order valence-corrected chi connectivity index (χ4v) is 3.79. The molecule has 1 heterocycles. The molecular formula is C11H14O4S. The Morgan fingerprint density at radius 3 is 2.38 bits per heavy atom. The molecule has 1 atom stereocenters. The summed E-state index contributed by atoms with van der Waals surface area (Å²) in [5.74, 6) is 0.551. The van der Waals surface area contributed by atoms with E-state index in [1.165, 1.54) is 0 Å². The van der Waals surface area contributed by atoms with Crippen molar-refractivity contribution in [2.24, 2.45) is 0 Å². The van der Waals surface area contributed by atoms with Crippen LogP contribution in [0.4, 0.5) is 0 Å². The summed E-state index contributed by atoms with van der Waals surface area (Å²) in [4.78, 5) is 0. The maximum absolute atomic E-state index is 11.4. The standard InChI is InChI=1S/C11H14O4S/c1-15-10-4-2-9(3-5-10)11(12)6-7-16(13,14)8-11/h2-5,12H,6-8H2,1H3. The van der Waals surface area contributed by atoms with Gasteiger partial charge in [0.2, 0.25) is 0 Å². The third-order valence-corrected chi connectivity index (χ3v) is 4.66. The van der Waals surface area contributed by atoms with Gasteiger partial charge < -0.3 is 9.84 Å². The zero-order valence-electron chi connectivity index (χ0n) is 9.01. The summed E-state index contributed by atoms with van der Waals surface area (Å²) in [5.41, 5.74) is -0.597. The molecule has 2 rings (SSSR count). The highest BCUT2D eigenvalue weighted by Gasteiger charge is 2.41. The monoisotopic (exact) mass is 242 g/mol. The fourth-order valence-electron chi connectivity index (χ4n) is 1.96. The van der Waals surface area contributed by atoms with Crippen LogP contribution < -0.4 is 4.74 Å². The van der Waals surface area contributed by atoms with Crippen LogP contribution in [-0.4, -0.2) is 32.1 Å². The molecule has 1 aliphatic rings. The summed E-state index contributed by atoms with van der Waals surface area (Å²) in [5, 5.41) is 10.2. The Morgan fingerprint density at radius 2 is 1.94 bits per heavy atom. The molecule has 0 spiro atoms. The minimum absolute atomic E-state index is 0.0511. The van der Waals surface area contributed by atoms with E-state index in [-0.39, 0.29) is 17.9 Å². The van der Waals surface area contributed by atoms with E-state index in [0.29, 0.717) is 11.3 Å². The van der Waals surface area contributed by atoms with E-state index in [2.05, 4.69) is 0 Å². The van der Waals surface area contributed by atoms with Crippen molar-refractivity contribution in [3.8, 4) is 5.75 Å². The number of methoxy groups -OCH3 is 1. The van der Waals surface area contributed by atoms with Crippen LogP contribution in [0.5, 0.6) is 5.75 Å². The van der Waals surface area contributed by atoms with Gasteiger partial charge in [-0.15, -0.1) is 0 Å². The smallest absolute Gasteiger partial charge is 0.153 e. The maximum atomic E-state index is 11.4. The summed E-state index contributed by atoms with van der Waals surface area (Å²) in [7, 11) is -1.54. The quantitative estimate of drug-likeness (QED) is 0.829. The third kappa shape index (κ3) is 2.05. The largest absolute Gasteiger partial charge is 0.497 e. The van der Waals surface area contributed by atoms with Gasteiger partial charge in [0, 0.05) is 0 Å². The van der Waals surface area contributed by atoms with Crippen molar-refractivity contribution in [3.63, 3.8) is 0 Å². The number of hydrogen-bond donors (Lipinski definition) is 1. The zero-order valence-corrected chi connectivity index (χ0v) is 9.83. The van der Waals surface area contributed by atoms with Crippen molar-refractivity contribution in [1.82, 2.24) is 0 Å². The molecule has 1 saturated heterocycles. The summed E-state index contributed by atoms with van der Waals surface area (Å²) in [6, 6.07) is 6.86. The molecule has 88 valence electrons. The van der Waals surface area contributed by atoms with Gasteiger partial charge in [0.1, 0.15) is 11.4 Å². The first-order chi connectivity index (χ1) is 7.45. The van der Waals surface area contributed by atoms with Crippen molar-refractivity contribution in [2.75, 3.05) is 18.6 Å². The van der Waals surface area contributed by atoms with Gasteiger partial charge in [-0.05, 0) is 24.1 Å². The van der Waals surface area contributed by atoms with Crippen LogP contribution in [0, 0.1) is 0 Å². The second kappa shape index (κ2) is 3.75. The van der Waals surface area contributed by atoms with Crippen LogP contribution in [0.25, 0.3) is 0 Å². The molecule has 1 aromatic carbocycles. The summed E-state index contributed by atoms with van der Waals surface area (Å²) in [6.45, 7) is 0. The first-order valence-corrected chi connectivity index (χ1v) is 6.85. The SMILES string of the molecule is COc1ccc(C2(O)CCS(=O)(=O)C2)cc1. The number of aliphatic hydroxyl groups is 1. The molecule has 0 saturated carbocycles. The first-order valence-electron chi connectivity index (χ1n) is 5.03. The molecule has 0 radical (unpaired) electrons. The van der Waals surface area contributed by atoms with Gasteiger partial charge in [0.15, 0.2) is 9.84 Å². The lowest BCUT2D eigenvalue weighted by Crippen LogP contribution is -2.26. The van der Waals surface area contributed by atoms with Gasteiger partial charge in [-0.1, -0.05) is 12.1 Å². The van der Waals surface area contributed by atoms with E-state index in [0.717, 1.165) is 0 Å². The van der Waals surface area contributed by atoms with Crippen molar-refractivity contribution >= 4 is 9.84 Å². The van der Waals surface area contributed by atoms with E-state index in [1.807, 2.05) is 0 Å². The predicted molar refractivity (Wildman–Crippen MR) is 60.2 cm³/mol. The molecule has 0 aliphatic carbocycles. The van der Waals surface area contributed by atoms with Gasteiger partial charge in [-0.2, -0.15) is 0 Å². The lowest BCUT2D eigenvalue weighted by molar-refractivity contribution is 0.0652. The summed E-state index contributed by atoms with van der Waals surface area (Å²) in [6.07, 6.45) is 0.266. The lowest BCUT2D eigenvalue weighted by atomic mass is 9.93. The highest BCUT2D eigenvalue weighted by atomic mass is 32.2. The summed E-state index contributed by atoms with van der Waals surface area (Å²) < 4.78 is 27.7. The minimum Gasteiger partial charge on any atom is -0.497 e. The Labute approximate surface area is 94.8 Å². The van der Waals surface area contributed by atoms with Gasteiger partial charge in [-0.3, -0.25) is 0 Å². The number of benzene rings is 1.